The van der Waals surface area contributed by atoms with Crippen molar-refractivity contribution >= 4 is 17.1 Å². The van der Waals surface area contributed by atoms with Crippen LogP contribution in [0.2, 0.25) is 0 Å². The number of fused-ring (bicyclic) bond motifs is 1. The van der Waals surface area contributed by atoms with Crippen LogP contribution in [0.5, 0.6) is 0 Å². The molecule has 0 saturated carbocycles. The number of alkyl halides is 3. The van der Waals surface area contributed by atoms with Gasteiger partial charge in [-0.3, -0.25) is 4.79 Å². The molecular formula is C12H7F3O. The van der Waals surface area contributed by atoms with Gasteiger partial charge in [0.05, 0.1) is 5.56 Å². The van der Waals surface area contributed by atoms with Crippen LogP contribution in [0, 0.1) is 0 Å². The second-order valence-electron chi connectivity index (χ2n) is 3.40. The molecule has 2 rings (SSSR count). The Morgan fingerprint density at radius 1 is 1.00 bits per heavy atom. The van der Waals surface area contributed by atoms with E-state index in [-0.39, 0.29) is 11.8 Å². The highest BCUT2D eigenvalue weighted by Crippen LogP contribution is 2.33. The molecule has 0 N–H and O–H groups in total. The first-order valence-electron chi connectivity index (χ1n) is 4.57. The number of hydrogen-bond acceptors (Lipinski definition) is 1. The molecule has 1 nitrogen and oxygen atoms in total. The summed E-state index contributed by atoms with van der Waals surface area (Å²) in [4.78, 5) is 10.6. The van der Waals surface area contributed by atoms with E-state index in [0.29, 0.717) is 10.8 Å². The maximum absolute atomic E-state index is 12.6. The highest BCUT2D eigenvalue weighted by molar-refractivity contribution is 5.91. The van der Waals surface area contributed by atoms with Gasteiger partial charge >= 0.3 is 6.18 Å². The lowest BCUT2D eigenvalue weighted by molar-refractivity contribution is -0.137. The zero-order valence-corrected chi connectivity index (χ0v) is 8.08. The monoisotopic (exact) mass is 224 g/mol. The second-order valence-corrected chi connectivity index (χ2v) is 3.40. The third kappa shape index (κ3) is 1.78. The minimum Gasteiger partial charge on any atom is -0.298 e. The molecule has 0 bridgehead atoms. The smallest absolute Gasteiger partial charge is 0.298 e. The number of carbonyl (C=O) groups excluding carboxylic acids is 1. The largest absolute Gasteiger partial charge is 0.417 e. The van der Waals surface area contributed by atoms with Crippen LogP contribution in [0.25, 0.3) is 10.8 Å². The van der Waals surface area contributed by atoms with E-state index in [4.69, 9.17) is 0 Å². The standard InChI is InChI=1S/C12H7F3O/c13-12(14,15)11-6-9-4-2-1-3-8(9)5-10(11)7-16/h1-7H. The Balaban J connectivity index is 2.77. The Morgan fingerprint density at radius 2 is 1.56 bits per heavy atom. The van der Waals surface area contributed by atoms with E-state index in [0.717, 1.165) is 6.07 Å². The number of rotatable bonds is 1. The molecule has 0 aliphatic carbocycles. The van der Waals surface area contributed by atoms with E-state index < -0.39 is 11.7 Å². The summed E-state index contributed by atoms with van der Waals surface area (Å²) in [6.45, 7) is 0. The summed E-state index contributed by atoms with van der Waals surface area (Å²) >= 11 is 0. The summed E-state index contributed by atoms with van der Waals surface area (Å²) in [5.74, 6) is 0. The van der Waals surface area contributed by atoms with Crippen LogP contribution in [0.3, 0.4) is 0 Å². The fourth-order valence-electron chi connectivity index (χ4n) is 1.60. The number of halogens is 3. The lowest BCUT2D eigenvalue weighted by atomic mass is 10.0. The molecule has 16 heavy (non-hydrogen) atoms. The SMILES string of the molecule is O=Cc1cc2ccccc2cc1C(F)(F)F. The first-order valence-corrected chi connectivity index (χ1v) is 4.57. The molecule has 0 saturated heterocycles. The van der Waals surface area contributed by atoms with Crippen molar-refractivity contribution < 1.29 is 18.0 Å². The van der Waals surface area contributed by atoms with Gasteiger partial charge in [-0.15, -0.1) is 0 Å². The minimum atomic E-state index is -4.50. The number of benzene rings is 2. The van der Waals surface area contributed by atoms with Crippen LogP contribution in [-0.2, 0) is 6.18 Å². The van der Waals surface area contributed by atoms with Crippen LogP contribution in [0.15, 0.2) is 36.4 Å². The Hall–Kier alpha value is -1.84. The molecule has 0 spiro atoms. The van der Waals surface area contributed by atoms with Gasteiger partial charge in [-0.25, -0.2) is 0 Å². The molecule has 2 aromatic carbocycles. The van der Waals surface area contributed by atoms with Gasteiger partial charge in [0, 0.05) is 5.56 Å². The Labute approximate surface area is 89.5 Å². The van der Waals surface area contributed by atoms with E-state index in [1.54, 1.807) is 24.3 Å². The molecule has 4 heteroatoms. The van der Waals surface area contributed by atoms with Crippen molar-refractivity contribution in [3.05, 3.63) is 47.5 Å². The van der Waals surface area contributed by atoms with E-state index >= 15 is 0 Å². The quantitative estimate of drug-likeness (QED) is 0.675. The summed E-state index contributed by atoms with van der Waals surface area (Å²) in [5, 5.41) is 1.10. The fraction of sp³-hybridized carbons (Fsp3) is 0.0833. The molecule has 82 valence electrons. The third-order valence-corrected chi connectivity index (χ3v) is 2.35. The summed E-state index contributed by atoms with van der Waals surface area (Å²) in [6, 6.07) is 8.87. The van der Waals surface area contributed by atoms with Gasteiger partial charge in [0.25, 0.3) is 0 Å². The number of aldehydes is 1. The van der Waals surface area contributed by atoms with Gasteiger partial charge in [-0.1, -0.05) is 24.3 Å². The molecular weight excluding hydrogens is 217 g/mol. The molecule has 0 amide bonds. The summed E-state index contributed by atoms with van der Waals surface area (Å²) in [7, 11) is 0. The van der Waals surface area contributed by atoms with Gasteiger partial charge in [-0.2, -0.15) is 13.2 Å². The van der Waals surface area contributed by atoms with Gasteiger partial charge in [0.2, 0.25) is 0 Å². The van der Waals surface area contributed by atoms with Crippen molar-refractivity contribution in [1.29, 1.82) is 0 Å². The second kappa shape index (κ2) is 3.63. The predicted molar refractivity (Wildman–Crippen MR) is 54.3 cm³/mol. The molecule has 0 fully saturated rings. The van der Waals surface area contributed by atoms with Crippen LogP contribution in [0.4, 0.5) is 13.2 Å². The van der Waals surface area contributed by atoms with E-state index in [2.05, 4.69) is 0 Å². The van der Waals surface area contributed by atoms with Gasteiger partial charge in [0.15, 0.2) is 6.29 Å². The number of hydrogen-bond donors (Lipinski definition) is 0. The van der Waals surface area contributed by atoms with Crippen LogP contribution in [-0.4, -0.2) is 6.29 Å². The molecule has 0 radical (unpaired) electrons. The number of carbonyl (C=O) groups is 1. The van der Waals surface area contributed by atoms with Crippen LogP contribution in [0.1, 0.15) is 15.9 Å². The average Bonchev–Trinajstić information content (AvgIpc) is 2.26. The molecule has 0 aliphatic heterocycles. The summed E-state index contributed by atoms with van der Waals surface area (Å²) in [5.41, 5.74) is -1.22. The van der Waals surface area contributed by atoms with Crippen molar-refractivity contribution in [3.63, 3.8) is 0 Å². The lowest BCUT2D eigenvalue weighted by Gasteiger charge is -2.10. The zero-order chi connectivity index (χ0) is 11.8. The van der Waals surface area contributed by atoms with Crippen molar-refractivity contribution in [3.8, 4) is 0 Å². The lowest BCUT2D eigenvalue weighted by Crippen LogP contribution is -2.08. The molecule has 0 atom stereocenters. The Bertz CT molecular complexity index is 543. The topological polar surface area (TPSA) is 17.1 Å². The summed E-state index contributed by atoms with van der Waals surface area (Å²) < 4.78 is 37.8. The first-order chi connectivity index (χ1) is 7.52. The Kier molecular flexibility index (Phi) is 2.42. The summed E-state index contributed by atoms with van der Waals surface area (Å²) in [6.07, 6.45) is -4.27. The third-order valence-electron chi connectivity index (χ3n) is 2.35. The van der Waals surface area contributed by atoms with Crippen LogP contribution < -0.4 is 0 Å². The van der Waals surface area contributed by atoms with Crippen LogP contribution >= 0.6 is 0 Å². The van der Waals surface area contributed by atoms with Crippen molar-refractivity contribution in [1.82, 2.24) is 0 Å². The van der Waals surface area contributed by atoms with Gasteiger partial charge in [0.1, 0.15) is 0 Å². The van der Waals surface area contributed by atoms with Gasteiger partial charge < -0.3 is 0 Å². The van der Waals surface area contributed by atoms with Crippen molar-refractivity contribution in [2.45, 2.75) is 6.18 Å². The van der Waals surface area contributed by atoms with Crippen molar-refractivity contribution in [2.75, 3.05) is 0 Å². The molecule has 2 aromatic rings. The first kappa shape index (κ1) is 10.7. The molecule has 0 aliphatic rings. The molecule has 0 aromatic heterocycles. The maximum atomic E-state index is 12.6. The normalized spacial score (nSPS) is 11.7. The van der Waals surface area contributed by atoms with Gasteiger partial charge in [-0.05, 0) is 22.9 Å². The highest BCUT2D eigenvalue weighted by Gasteiger charge is 2.33. The van der Waals surface area contributed by atoms with E-state index in [9.17, 15) is 18.0 Å². The predicted octanol–water partition coefficient (Wildman–Crippen LogP) is 3.67. The van der Waals surface area contributed by atoms with Crippen molar-refractivity contribution in [2.24, 2.45) is 0 Å². The van der Waals surface area contributed by atoms with E-state index in [1.165, 1.54) is 6.07 Å². The fourth-order valence-corrected chi connectivity index (χ4v) is 1.60. The molecule has 0 unspecified atom stereocenters. The minimum absolute atomic E-state index is 0.231. The average molecular weight is 224 g/mol. The maximum Gasteiger partial charge on any atom is 0.417 e. The Morgan fingerprint density at radius 3 is 2.06 bits per heavy atom. The van der Waals surface area contributed by atoms with E-state index in [1.807, 2.05) is 0 Å². The highest BCUT2D eigenvalue weighted by atomic mass is 19.4. The zero-order valence-electron chi connectivity index (χ0n) is 8.08. The molecule has 0 heterocycles.